The Labute approximate surface area is 132 Å². The molecule has 1 aliphatic carbocycles. The lowest BCUT2D eigenvalue weighted by molar-refractivity contribution is 0.400. The second-order valence-electron chi connectivity index (χ2n) is 5.90. The highest BCUT2D eigenvalue weighted by Crippen LogP contribution is 2.40. The van der Waals surface area contributed by atoms with Gasteiger partial charge in [-0.1, -0.05) is 18.6 Å². The maximum Gasteiger partial charge on any atom is 0.216 e. The summed E-state index contributed by atoms with van der Waals surface area (Å²) < 4.78 is 27.8. The Bertz CT molecular complexity index is 894. The fourth-order valence-corrected chi connectivity index (χ4v) is 3.01. The highest BCUT2D eigenvalue weighted by molar-refractivity contribution is 5.87. The van der Waals surface area contributed by atoms with Crippen LogP contribution in [-0.2, 0) is 0 Å². The zero-order valence-corrected chi connectivity index (χ0v) is 12.4. The van der Waals surface area contributed by atoms with Crippen LogP contribution in [0.1, 0.15) is 30.4 Å². The second kappa shape index (κ2) is 5.57. The van der Waals surface area contributed by atoms with Crippen molar-refractivity contribution < 1.29 is 8.78 Å². The summed E-state index contributed by atoms with van der Waals surface area (Å²) in [5.74, 6) is -0.423. The average Bonchev–Trinajstić information content (AvgIpc) is 2.87. The fourth-order valence-electron chi connectivity index (χ4n) is 3.01. The molecule has 2 heterocycles. The van der Waals surface area contributed by atoms with Crippen LogP contribution >= 0.6 is 0 Å². The molecule has 23 heavy (non-hydrogen) atoms. The number of hydrogen-bond acceptors (Lipinski definition) is 2. The molecule has 1 N–H and O–H groups in total. The Balaban J connectivity index is 1.82. The molecule has 1 aliphatic rings. The number of rotatable bonds is 3. The Hall–Kier alpha value is -2.56. The molecule has 3 aromatic rings. The van der Waals surface area contributed by atoms with E-state index in [1.807, 2.05) is 12.1 Å². The molecule has 0 bridgehead atoms. The number of allylic oxidation sites excluding steroid dienone is 1. The molecule has 116 valence electrons. The molecule has 1 fully saturated rings. The van der Waals surface area contributed by atoms with Gasteiger partial charge in [0.1, 0.15) is 5.82 Å². The van der Waals surface area contributed by atoms with Crippen molar-refractivity contribution >= 4 is 22.6 Å². The van der Waals surface area contributed by atoms with Crippen LogP contribution in [0.3, 0.4) is 0 Å². The molecular formula is C18H15F2N3. The maximum atomic E-state index is 14.2. The van der Waals surface area contributed by atoms with Gasteiger partial charge in [-0.25, -0.2) is 4.39 Å². The van der Waals surface area contributed by atoms with E-state index in [4.69, 9.17) is 0 Å². The molecule has 1 saturated carbocycles. The van der Waals surface area contributed by atoms with Gasteiger partial charge < -0.3 is 0 Å². The van der Waals surface area contributed by atoms with Crippen molar-refractivity contribution in [2.24, 2.45) is 5.92 Å². The van der Waals surface area contributed by atoms with Crippen LogP contribution in [0.25, 0.3) is 22.6 Å². The number of halogens is 2. The summed E-state index contributed by atoms with van der Waals surface area (Å²) in [4.78, 5) is 3.82. The number of H-pyrrole nitrogens is 1. The zero-order valence-electron chi connectivity index (χ0n) is 12.4. The topological polar surface area (TPSA) is 41.6 Å². The summed E-state index contributed by atoms with van der Waals surface area (Å²) in [6.45, 7) is 0. The van der Waals surface area contributed by atoms with E-state index < -0.39 is 5.95 Å². The number of nitrogens with zero attached hydrogens (tertiary/aromatic N) is 2. The quantitative estimate of drug-likeness (QED) is 0.769. The third-order valence-electron chi connectivity index (χ3n) is 4.48. The molecular weight excluding hydrogens is 296 g/mol. The molecule has 3 nitrogen and oxygen atoms in total. The number of hydrogen-bond donors (Lipinski definition) is 1. The first-order valence-corrected chi connectivity index (χ1v) is 7.67. The van der Waals surface area contributed by atoms with Gasteiger partial charge in [-0.2, -0.15) is 9.49 Å². The van der Waals surface area contributed by atoms with Crippen LogP contribution in [-0.4, -0.2) is 15.2 Å². The minimum Gasteiger partial charge on any atom is -0.262 e. The number of nitrogens with one attached hydrogen (secondary N) is 1. The second-order valence-corrected chi connectivity index (χ2v) is 5.90. The molecule has 1 aromatic carbocycles. The summed E-state index contributed by atoms with van der Waals surface area (Å²) in [7, 11) is 0. The number of benzene rings is 1. The molecule has 0 atom stereocenters. The van der Waals surface area contributed by atoms with E-state index in [2.05, 4.69) is 15.2 Å². The largest absolute Gasteiger partial charge is 0.262 e. The van der Waals surface area contributed by atoms with Crippen LogP contribution in [0.2, 0.25) is 0 Å². The van der Waals surface area contributed by atoms with Gasteiger partial charge in [0.2, 0.25) is 5.95 Å². The maximum absolute atomic E-state index is 14.2. The van der Waals surface area contributed by atoms with Gasteiger partial charge in [-0.05, 0) is 48.1 Å². The summed E-state index contributed by atoms with van der Waals surface area (Å²) >= 11 is 0. The number of pyridine rings is 1. The lowest BCUT2D eigenvalue weighted by Gasteiger charge is -2.29. The van der Waals surface area contributed by atoms with Crippen LogP contribution < -0.4 is 0 Å². The minimum absolute atomic E-state index is 0.318. The molecule has 0 amide bonds. The van der Waals surface area contributed by atoms with Crippen molar-refractivity contribution in [3.05, 3.63) is 59.6 Å². The number of aromatic nitrogens is 3. The smallest absolute Gasteiger partial charge is 0.216 e. The first-order valence-electron chi connectivity index (χ1n) is 7.67. The van der Waals surface area contributed by atoms with Crippen molar-refractivity contribution in [1.82, 2.24) is 15.2 Å². The third-order valence-corrected chi connectivity index (χ3v) is 4.48. The van der Waals surface area contributed by atoms with Crippen molar-refractivity contribution in [2.45, 2.75) is 19.3 Å². The summed E-state index contributed by atoms with van der Waals surface area (Å²) in [6.07, 6.45) is 8.05. The van der Waals surface area contributed by atoms with Crippen LogP contribution in [0, 0.1) is 17.7 Å². The lowest BCUT2D eigenvalue weighted by Crippen LogP contribution is -2.13. The Morgan fingerprint density at radius 3 is 2.83 bits per heavy atom. The van der Waals surface area contributed by atoms with Crippen LogP contribution in [0.5, 0.6) is 0 Å². The van der Waals surface area contributed by atoms with Gasteiger partial charge >= 0.3 is 0 Å². The molecule has 5 heteroatoms. The van der Waals surface area contributed by atoms with E-state index in [1.54, 1.807) is 24.4 Å². The van der Waals surface area contributed by atoms with Gasteiger partial charge in [0, 0.05) is 11.8 Å². The van der Waals surface area contributed by atoms with Crippen molar-refractivity contribution in [2.75, 3.05) is 0 Å². The Kier molecular flexibility index (Phi) is 3.41. The van der Waals surface area contributed by atoms with Crippen molar-refractivity contribution in [3.63, 3.8) is 0 Å². The molecule has 0 aliphatic heterocycles. The summed E-state index contributed by atoms with van der Waals surface area (Å²) in [5, 5.41) is 6.67. The summed E-state index contributed by atoms with van der Waals surface area (Å²) in [6, 6.07) is 7.09. The first kappa shape index (κ1) is 14.1. The average molecular weight is 311 g/mol. The highest BCUT2D eigenvalue weighted by Gasteiger charge is 2.24. The number of fused-ring (bicyclic) bond motifs is 1. The molecule has 2 aromatic heterocycles. The molecule has 4 rings (SSSR count). The van der Waals surface area contributed by atoms with Gasteiger partial charge in [0.25, 0.3) is 0 Å². The minimum atomic E-state index is -0.449. The van der Waals surface area contributed by atoms with E-state index in [1.165, 1.54) is 6.20 Å². The molecule has 0 spiro atoms. The Morgan fingerprint density at radius 1 is 1.22 bits per heavy atom. The van der Waals surface area contributed by atoms with E-state index in [0.29, 0.717) is 22.4 Å². The van der Waals surface area contributed by atoms with E-state index in [0.717, 1.165) is 30.4 Å². The highest BCUT2D eigenvalue weighted by atomic mass is 19.1. The molecule has 0 radical (unpaired) electrons. The van der Waals surface area contributed by atoms with E-state index in [9.17, 15) is 8.78 Å². The first-order chi connectivity index (χ1) is 11.2. The van der Waals surface area contributed by atoms with Crippen LogP contribution in [0.4, 0.5) is 8.78 Å². The third kappa shape index (κ3) is 2.52. The predicted molar refractivity (Wildman–Crippen MR) is 85.5 cm³/mol. The fraction of sp³-hybridized carbons (Fsp3) is 0.222. The van der Waals surface area contributed by atoms with E-state index in [-0.39, 0.29) is 5.82 Å². The van der Waals surface area contributed by atoms with Crippen molar-refractivity contribution in [3.8, 4) is 0 Å². The SMILES string of the molecule is Fc1cnccc1/C(=C/c1ccc2n[nH]c(F)c2c1)C1CCC1. The normalized spacial score (nSPS) is 15.8. The van der Waals surface area contributed by atoms with Crippen molar-refractivity contribution in [1.29, 1.82) is 0 Å². The van der Waals surface area contributed by atoms with Gasteiger partial charge in [-0.3, -0.25) is 10.1 Å². The van der Waals surface area contributed by atoms with Crippen LogP contribution in [0.15, 0.2) is 36.7 Å². The predicted octanol–water partition coefficient (Wildman–Crippen LogP) is 4.58. The Morgan fingerprint density at radius 2 is 2.09 bits per heavy atom. The lowest BCUT2D eigenvalue weighted by atomic mass is 9.76. The van der Waals surface area contributed by atoms with Gasteiger partial charge in [0.05, 0.1) is 17.1 Å². The van der Waals surface area contributed by atoms with Gasteiger partial charge in [-0.15, -0.1) is 0 Å². The standard InChI is InChI=1S/C18H15F2N3/c19-16-10-21-7-6-13(16)14(12-2-1-3-12)8-11-4-5-17-15(9-11)18(20)23-22-17/h4-10,12H,1-3H2,(H,22,23)/b14-8+. The molecule has 0 saturated heterocycles. The van der Waals surface area contributed by atoms with E-state index >= 15 is 0 Å². The van der Waals surface area contributed by atoms with Gasteiger partial charge in [0.15, 0.2) is 0 Å². The monoisotopic (exact) mass is 311 g/mol. The number of aromatic amines is 1. The zero-order chi connectivity index (χ0) is 15.8. The summed E-state index contributed by atoms with van der Waals surface area (Å²) in [5.41, 5.74) is 2.97. The molecule has 0 unspecified atom stereocenters.